The van der Waals surface area contributed by atoms with Gasteiger partial charge in [0, 0.05) is 37.9 Å². The molecule has 0 aromatic heterocycles. The monoisotopic (exact) mass is 480 g/mol. The Bertz CT molecular complexity index is 876. The van der Waals surface area contributed by atoms with Gasteiger partial charge in [-0.25, -0.2) is 4.79 Å². The average molecular weight is 481 g/mol. The van der Waals surface area contributed by atoms with E-state index in [0.717, 1.165) is 63.9 Å². The predicted octanol–water partition coefficient (Wildman–Crippen LogP) is 5.17. The summed E-state index contributed by atoms with van der Waals surface area (Å²) in [6.45, 7) is 9.37. The average Bonchev–Trinajstić information content (AvgIpc) is 2.76. The summed E-state index contributed by atoms with van der Waals surface area (Å²) in [5.41, 5.74) is -0.781. The SMILES string of the molecule is CC(C)(C)OC(=O)N[C@H]1CC[C@H](CCN2CCN(c3cc(C#N)cc(C(F)(F)F)c3)CC2)CC1. The molecular formula is C25H35F3N4O2. The fourth-order valence-electron chi connectivity index (χ4n) is 4.69. The summed E-state index contributed by atoms with van der Waals surface area (Å²) in [4.78, 5) is 16.2. The fourth-order valence-corrected chi connectivity index (χ4v) is 4.69. The minimum absolute atomic E-state index is 0.0315. The van der Waals surface area contributed by atoms with Crippen LogP contribution in [0, 0.1) is 17.2 Å². The number of rotatable bonds is 5. The maximum Gasteiger partial charge on any atom is 0.416 e. The molecule has 6 nitrogen and oxygen atoms in total. The molecule has 34 heavy (non-hydrogen) atoms. The summed E-state index contributed by atoms with van der Waals surface area (Å²) in [5.74, 6) is 0.622. The van der Waals surface area contributed by atoms with Crippen LogP contribution in [0.15, 0.2) is 18.2 Å². The largest absolute Gasteiger partial charge is 0.444 e. The Hall–Kier alpha value is -2.47. The zero-order valence-electron chi connectivity index (χ0n) is 20.2. The summed E-state index contributed by atoms with van der Waals surface area (Å²) in [5, 5.41) is 12.1. The number of anilines is 1. The van der Waals surface area contributed by atoms with E-state index in [0.29, 0.717) is 24.7 Å². The van der Waals surface area contributed by atoms with E-state index in [2.05, 4.69) is 10.2 Å². The van der Waals surface area contributed by atoms with Gasteiger partial charge in [-0.3, -0.25) is 4.90 Å². The highest BCUT2D eigenvalue weighted by atomic mass is 19.4. The van der Waals surface area contributed by atoms with E-state index >= 15 is 0 Å². The van der Waals surface area contributed by atoms with Crippen LogP contribution in [-0.2, 0) is 10.9 Å². The first-order chi connectivity index (χ1) is 15.9. The van der Waals surface area contributed by atoms with Gasteiger partial charge in [-0.2, -0.15) is 18.4 Å². The minimum Gasteiger partial charge on any atom is -0.444 e. The third kappa shape index (κ3) is 7.79. The molecular weight excluding hydrogens is 445 g/mol. The molecule has 1 amide bonds. The fraction of sp³-hybridized carbons (Fsp3) is 0.680. The standard InChI is InChI=1S/C25H35F3N4O2/c1-24(2,3)34-23(33)30-21-6-4-18(5-7-21)8-9-31-10-12-32(13-11-31)22-15-19(17-29)14-20(16-22)25(26,27)28/h14-16,18,21H,4-13H2,1-3H3,(H,30,33)/t18-,21-. The molecule has 1 saturated carbocycles. The zero-order valence-corrected chi connectivity index (χ0v) is 20.2. The molecule has 0 unspecified atom stereocenters. The lowest BCUT2D eigenvalue weighted by molar-refractivity contribution is -0.137. The number of carbonyl (C=O) groups is 1. The molecule has 0 spiro atoms. The Morgan fingerprint density at radius 1 is 1.09 bits per heavy atom. The second-order valence-corrected chi connectivity index (χ2v) is 10.4. The van der Waals surface area contributed by atoms with Gasteiger partial charge < -0.3 is 15.0 Å². The first-order valence-electron chi connectivity index (χ1n) is 12.0. The number of piperazine rings is 1. The lowest BCUT2D eigenvalue weighted by atomic mass is 9.84. The van der Waals surface area contributed by atoms with E-state index in [1.54, 1.807) is 0 Å². The molecule has 1 aromatic carbocycles. The summed E-state index contributed by atoms with van der Waals surface area (Å²) >= 11 is 0. The summed E-state index contributed by atoms with van der Waals surface area (Å²) in [6.07, 6.45) is 0.314. The van der Waals surface area contributed by atoms with Crippen LogP contribution in [-0.4, -0.2) is 55.4 Å². The van der Waals surface area contributed by atoms with E-state index in [9.17, 15) is 18.0 Å². The van der Waals surface area contributed by atoms with Gasteiger partial charge in [-0.1, -0.05) is 0 Å². The molecule has 0 bridgehead atoms. The Kier molecular flexibility index (Phi) is 8.34. The van der Waals surface area contributed by atoms with Gasteiger partial charge >= 0.3 is 12.3 Å². The summed E-state index contributed by atoms with van der Waals surface area (Å²) in [7, 11) is 0. The van der Waals surface area contributed by atoms with Crippen molar-refractivity contribution in [2.75, 3.05) is 37.6 Å². The molecule has 3 rings (SSSR count). The quantitative estimate of drug-likeness (QED) is 0.630. The lowest BCUT2D eigenvalue weighted by Gasteiger charge is -2.37. The van der Waals surface area contributed by atoms with Crippen LogP contribution in [0.5, 0.6) is 0 Å². The number of alkyl carbamates (subject to hydrolysis) is 1. The first-order valence-corrected chi connectivity index (χ1v) is 12.0. The van der Waals surface area contributed by atoms with E-state index in [-0.39, 0.29) is 17.7 Å². The Morgan fingerprint density at radius 2 is 1.74 bits per heavy atom. The zero-order chi connectivity index (χ0) is 24.9. The molecule has 9 heteroatoms. The summed E-state index contributed by atoms with van der Waals surface area (Å²) < 4.78 is 44.9. The number of alkyl halides is 3. The number of benzene rings is 1. The van der Waals surface area contributed by atoms with E-state index in [4.69, 9.17) is 10.00 Å². The van der Waals surface area contributed by atoms with Gasteiger partial charge in [-0.05, 0) is 83.5 Å². The second-order valence-electron chi connectivity index (χ2n) is 10.4. The molecule has 2 aliphatic rings. The normalized spacial score (nSPS) is 22.2. The van der Waals surface area contributed by atoms with E-state index < -0.39 is 17.3 Å². The third-order valence-corrected chi connectivity index (χ3v) is 6.53. The molecule has 2 fully saturated rings. The number of nitrogens with zero attached hydrogens (tertiary/aromatic N) is 3. The number of carbonyl (C=O) groups excluding carboxylic acids is 1. The highest BCUT2D eigenvalue weighted by molar-refractivity contribution is 5.68. The smallest absolute Gasteiger partial charge is 0.416 e. The number of nitriles is 1. The molecule has 1 aliphatic heterocycles. The molecule has 0 atom stereocenters. The Morgan fingerprint density at radius 3 is 2.29 bits per heavy atom. The molecule has 1 N–H and O–H groups in total. The predicted molar refractivity (Wildman–Crippen MR) is 125 cm³/mol. The van der Waals surface area contributed by atoms with Crippen molar-refractivity contribution < 1.29 is 22.7 Å². The van der Waals surface area contributed by atoms with Crippen molar-refractivity contribution in [1.29, 1.82) is 5.26 Å². The van der Waals surface area contributed by atoms with Crippen LogP contribution in [0.3, 0.4) is 0 Å². The number of hydrogen-bond acceptors (Lipinski definition) is 5. The van der Waals surface area contributed by atoms with Crippen LogP contribution in [0.4, 0.5) is 23.7 Å². The maximum absolute atomic E-state index is 13.2. The number of hydrogen-bond donors (Lipinski definition) is 1. The van der Waals surface area contributed by atoms with Crippen molar-refractivity contribution in [3.63, 3.8) is 0 Å². The van der Waals surface area contributed by atoms with Crippen LogP contribution >= 0.6 is 0 Å². The number of halogens is 3. The molecule has 1 aliphatic carbocycles. The van der Waals surface area contributed by atoms with Crippen molar-refractivity contribution >= 4 is 11.8 Å². The van der Waals surface area contributed by atoms with E-state index in [1.165, 1.54) is 6.07 Å². The molecule has 1 saturated heterocycles. The molecule has 188 valence electrons. The van der Waals surface area contributed by atoms with Gasteiger partial charge in [0.1, 0.15) is 5.60 Å². The van der Waals surface area contributed by atoms with Gasteiger partial charge in [0.05, 0.1) is 17.2 Å². The summed E-state index contributed by atoms with van der Waals surface area (Å²) in [6, 6.07) is 5.58. The number of nitrogens with one attached hydrogen (secondary N) is 1. The topological polar surface area (TPSA) is 68.6 Å². The molecule has 1 heterocycles. The third-order valence-electron chi connectivity index (χ3n) is 6.53. The van der Waals surface area contributed by atoms with Crippen molar-refractivity contribution in [3.8, 4) is 6.07 Å². The van der Waals surface area contributed by atoms with Gasteiger partial charge in [0.15, 0.2) is 0 Å². The highest BCUT2D eigenvalue weighted by Crippen LogP contribution is 2.33. The first kappa shape index (κ1) is 26.1. The van der Waals surface area contributed by atoms with Gasteiger partial charge in [0.2, 0.25) is 0 Å². The van der Waals surface area contributed by atoms with E-state index in [1.807, 2.05) is 31.7 Å². The van der Waals surface area contributed by atoms with Gasteiger partial charge in [0.25, 0.3) is 0 Å². The number of amides is 1. The van der Waals surface area contributed by atoms with Crippen LogP contribution in [0.2, 0.25) is 0 Å². The molecule has 0 radical (unpaired) electrons. The van der Waals surface area contributed by atoms with Crippen LogP contribution in [0.25, 0.3) is 0 Å². The Balaban J connectivity index is 1.41. The Labute approximate surface area is 200 Å². The van der Waals surface area contributed by atoms with Crippen molar-refractivity contribution in [1.82, 2.24) is 10.2 Å². The van der Waals surface area contributed by atoms with Crippen molar-refractivity contribution in [2.45, 2.75) is 70.7 Å². The minimum atomic E-state index is -4.47. The van der Waals surface area contributed by atoms with Crippen LogP contribution in [0.1, 0.15) is 64.0 Å². The number of ether oxygens (including phenoxy) is 1. The highest BCUT2D eigenvalue weighted by Gasteiger charge is 2.32. The molecule has 1 aromatic rings. The van der Waals surface area contributed by atoms with Crippen LogP contribution < -0.4 is 10.2 Å². The van der Waals surface area contributed by atoms with Gasteiger partial charge in [-0.15, -0.1) is 0 Å². The van der Waals surface area contributed by atoms with Crippen molar-refractivity contribution in [3.05, 3.63) is 29.3 Å². The lowest BCUT2D eigenvalue weighted by Crippen LogP contribution is -2.47. The van der Waals surface area contributed by atoms with Crippen molar-refractivity contribution in [2.24, 2.45) is 5.92 Å². The maximum atomic E-state index is 13.2. The second kappa shape index (κ2) is 10.9.